The van der Waals surface area contributed by atoms with Gasteiger partial charge in [-0.2, -0.15) is 0 Å². The van der Waals surface area contributed by atoms with Crippen molar-refractivity contribution in [3.05, 3.63) is 59.7 Å². The summed E-state index contributed by atoms with van der Waals surface area (Å²) < 4.78 is 5.89. The summed E-state index contributed by atoms with van der Waals surface area (Å²) in [5.41, 5.74) is 3.38. The topological polar surface area (TPSA) is 82.8 Å². The average molecular weight is 474 g/mol. The molecule has 2 amide bonds. The Morgan fingerprint density at radius 2 is 1.49 bits per heavy atom. The number of carbonyl (C=O) groups excluding carboxylic acids is 2. The molecule has 8 nitrogen and oxygen atoms in total. The molecule has 0 spiro atoms. The SMILES string of the molecule is Cc1ccccc1-c1nnc(-c2ccc(C(=O)N3CCN(CC(=O)N4CCCCC4)CC3)cc2)o1. The Morgan fingerprint density at radius 1 is 0.800 bits per heavy atom. The lowest BCUT2D eigenvalue weighted by Gasteiger charge is -2.36. The fourth-order valence-electron chi connectivity index (χ4n) is 4.74. The molecule has 2 aliphatic rings. The van der Waals surface area contributed by atoms with Gasteiger partial charge in [0.15, 0.2) is 0 Å². The average Bonchev–Trinajstić information content (AvgIpc) is 3.40. The monoisotopic (exact) mass is 473 g/mol. The minimum absolute atomic E-state index is 0.00434. The zero-order chi connectivity index (χ0) is 24.2. The molecule has 2 fully saturated rings. The highest BCUT2D eigenvalue weighted by Gasteiger charge is 2.25. The van der Waals surface area contributed by atoms with Gasteiger partial charge in [0.1, 0.15) is 0 Å². The Hall–Kier alpha value is -3.52. The maximum atomic E-state index is 13.0. The molecule has 35 heavy (non-hydrogen) atoms. The van der Waals surface area contributed by atoms with E-state index in [-0.39, 0.29) is 11.8 Å². The molecule has 0 N–H and O–H groups in total. The lowest BCUT2D eigenvalue weighted by Crippen LogP contribution is -2.52. The van der Waals surface area contributed by atoms with Crippen LogP contribution in [-0.2, 0) is 4.79 Å². The number of likely N-dealkylation sites (tertiary alicyclic amines) is 1. The molecular formula is C27H31N5O3. The van der Waals surface area contributed by atoms with Crippen molar-refractivity contribution in [3.63, 3.8) is 0 Å². The second-order valence-corrected chi connectivity index (χ2v) is 9.31. The maximum Gasteiger partial charge on any atom is 0.253 e. The van der Waals surface area contributed by atoms with Crippen molar-refractivity contribution in [3.8, 4) is 22.9 Å². The first kappa shape index (κ1) is 23.2. The van der Waals surface area contributed by atoms with Crippen molar-refractivity contribution >= 4 is 11.8 Å². The van der Waals surface area contributed by atoms with Crippen LogP contribution in [0.4, 0.5) is 0 Å². The molecule has 3 aromatic rings. The maximum absolute atomic E-state index is 13.0. The van der Waals surface area contributed by atoms with Crippen molar-refractivity contribution in [2.24, 2.45) is 0 Å². The third-order valence-corrected chi connectivity index (χ3v) is 6.91. The van der Waals surface area contributed by atoms with Crippen molar-refractivity contribution in [2.75, 3.05) is 45.8 Å². The van der Waals surface area contributed by atoms with Crippen LogP contribution in [0.5, 0.6) is 0 Å². The number of hydrogen-bond acceptors (Lipinski definition) is 6. The number of piperazine rings is 1. The third kappa shape index (κ3) is 5.27. The van der Waals surface area contributed by atoms with E-state index in [1.165, 1.54) is 6.42 Å². The zero-order valence-electron chi connectivity index (χ0n) is 20.2. The molecule has 0 unspecified atom stereocenters. The molecule has 0 atom stereocenters. The Bertz CT molecular complexity index is 1180. The van der Waals surface area contributed by atoms with E-state index >= 15 is 0 Å². The van der Waals surface area contributed by atoms with Crippen molar-refractivity contribution < 1.29 is 14.0 Å². The van der Waals surface area contributed by atoms with Gasteiger partial charge in [0.25, 0.3) is 5.91 Å². The Balaban J connectivity index is 1.16. The second kappa shape index (κ2) is 10.4. The molecule has 5 rings (SSSR count). The molecule has 1 aromatic heterocycles. The molecule has 2 aromatic carbocycles. The van der Waals surface area contributed by atoms with Gasteiger partial charge in [-0.05, 0) is 62.1 Å². The number of piperidine rings is 1. The Labute approximate surface area is 205 Å². The molecule has 0 radical (unpaired) electrons. The summed E-state index contributed by atoms with van der Waals surface area (Å²) in [6, 6.07) is 15.2. The number of nitrogens with zero attached hydrogens (tertiary/aromatic N) is 5. The summed E-state index contributed by atoms with van der Waals surface area (Å²) in [5, 5.41) is 8.37. The predicted molar refractivity (Wildman–Crippen MR) is 133 cm³/mol. The van der Waals surface area contributed by atoms with Crippen LogP contribution in [0.2, 0.25) is 0 Å². The zero-order valence-corrected chi connectivity index (χ0v) is 20.2. The van der Waals surface area contributed by atoms with E-state index in [9.17, 15) is 9.59 Å². The summed E-state index contributed by atoms with van der Waals surface area (Å²) >= 11 is 0. The molecule has 2 saturated heterocycles. The summed E-state index contributed by atoms with van der Waals surface area (Å²) in [6.07, 6.45) is 3.43. The van der Waals surface area contributed by atoms with Gasteiger partial charge in [-0.1, -0.05) is 18.2 Å². The van der Waals surface area contributed by atoms with Gasteiger partial charge in [-0.15, -0.1) is 10.2 Å². The number of rotatable bonds is 5. The van der Waals surface area contributed by atoms with Gasteiger partial charge in [0.05, 0.1) is 6.54 Å². The van der Waals surface area contributed by atoms with Crippen molar-refractivity contribution in [1.29, 1.82) is 0 Å². The molecule has 3 heterocycles. The predicted octanol–water partition coefficient (Wildman–Crippen LogP) is 3.48. The normalized spacial score (nSPS) is 16.9. The van der Waals surface area contributed by atoms with E-state index < -0.39 is 0 Å². The quantitative estimate of drug-likeness (QED) is 0.564. The van der Waals surface area contributed by atoms with E-state index in [0.717, 1.165) is 42.6 Å². The van der Waals surface area contributed by atoms with Crippen LogP contribution in [0.15, 0.2) is 52.9 Å². The van der Waals surface area contributed by atoms with Crippen LogP contribution >= 0.6 is 0 Å². The summed E-state index contributed by atoms with van der Waals surface area (Å²) in [7, 11) is 0. The minimum atomic E-state index is 0.00434. The lowest BCUT2D eigenvalue weighted by molar-refractivity contribution is -0.133. The number of hydrogen-bond donors (Lipinski definition) is 0. The van der Waals surface area contributed by atoms with Gasteiger partial charge >= 0.3 is 0 Å². The highest BCUT2D eigenvalue weighted by atomic mass is 16.4. The first-order chi connectivity index (χ1) is 17.1. The first-order valence-corrected chi connectivity index (χ1v) is 12.4. The minimum Gasteiger partial charge on any atom is -0.416 e. The highest BCUT2D eigenvalue weighted by molar-refractivity contribution is 5.94. The lowest BCUT2D eigenvalue weighted by atomic mass is 10.1. The molecule has 0 bridgehead atoms. The van der Waals surface area contributed by atoms with Gasteiger partial charge < -0.3 is 14.2 Å². The van der Waals surface area contributed by atoms with Gasteiger partial charge in [0, 0.05) is 56.0 Å². The van der Waals surface area contributed by atoms with Crippen LogP contribution in [0, 0.1) is 6.92 Å². The van der Waals surface area contributed by atoms with Crippen LogP contribution < -0.4 is 0 Å². The second-order valence-electron chi connectivity index (χ2n) is 9.31. The largest absolute Gasteiger partial charge is 0.416 e. The Morgan fingerprint density at radius 3 is 2.20 bits per heavy atom. The van der Waals surface area contributed by atoms with E-state index in [4.69, 9.17) is 4.42 Å². The Kier molecular flexibility index (Phi) is 6.90. The van der Waals surface area contributed by atoms with Crippen molar-refractivity contribution in [2.45, 2.75) is 26.2 Å². The number of carbonyl (C=O) groups is 2. The van der Waals surface area contributed by atoms with Crippen LogP contribution in [0.1, 0.15) is 35.2 Å². The number of benzene rings is 2. The highest BCUT2D eigenvalue weighted by Crippen LogP contribution is 2.26. The summed E-state index contributed by atoms with van der Waals surface area (Å²) in [4.78, 5) is 31.6. The number of aryl methyl sites for hydroxylation is 1. The van der Waals surface area contributed by atoms with E-state index in [0.29, 0.717) is 50.1 Å². The molecular weight excluding hydrogens is 442 g/mol. The summed E-state index contributed by atoms with van der Waals surface area (Å²) in [6.45, 7) is 6.89. The van der Waals surface area contributed by atoms with Crippen LogP contribution in [0.25, 0.3) is 22.9 Å². The van der Waals surface area contributed by atoms with Crippen LogP contribution in [0.3, 0.4) is 0 Å². The number of aromatic nitrogens is 2. The summed E-state index contributed by atoms with van der Waals surface area (Å²) in [5.74, 6) is 1.13. The van der Waals surface area contributed by atoms with E-state index in [1.54, 1.807) is 0 Å². The van der Waals surface area contributed by atoms with Gasteiger partial charge in [-0.25, -0.2) is 0 Å². The smallest absolute Gasteiger partial charge is 0.253 e. The molecule has 8 heteroatoms. The van der Waals surface area contributed by atoms with Crippen LogP contribution in [-0.4, -0.2) is 82.5 Å². The standard InChI is InChI=1S/C27H31N5O3/c1-20-7-3-4-8-23(20)26-29-28-25(35-26)21-9-11-22(12-10-21)27(34)32-17-15-30(16-18-32)19-24(33)31-13-5-2-6-14-31/h3-4,7-12H,2,5-6,13-19H2,1H3. The third-order valence-electron chi connectivity index (χ3n) is 6.91. The molecule has 0 saturated carbocycles. The van der Waals surface area contributed by atoms with E-state index in [1.807, 2.05) is 65.3 Å². The molecule has 0 aliphatic carbocycles. The fourth-order valence-corrected chi connectivity index (χ4v) is 4.74. The van der Waals surface area contributed by atoms with E-state index in [2.05, 4.69) is 15.1 Å². The molecule has 2 aliphatic heterocycles. The van der Waals surface area contributed by atoms with Crippen molar-refractivity contribution in [1.82, 2.24) is 24.9 Å². The number of amides is 2. The first-order valence-electron chi connectivity index (χ1n) is 12.4. The van der Waals surface area contributed by atoms with Gasteiger partial charge in [0.2, 0.25) is 17.7 Å². The molecule has 182 valence electrons. The fraction of sp³-hybridized carbons (Fsp3) is 0.407. The van der Waals surface area contributed by atoms with Gasteiger partial charge in [-0.3, -0.25) is 14.5 Å².